The summed E-state index contributed by atoms with van der Waals surface area (Å²) >= 11 is 0. The molecular weight excluding hydrogens is 305 g/mol. The highest BCUT2D eigenvalue weighted by Crippen LogP contribution is 2.19. The summed E-state index contributed by atoms with van der Waals surface area (Å²) in [6.07, 6.45) is 0. The second-order valence-electron chi connectivity index (χ2n) is 5.49. The normalized spacial score (nSPS) is 12.0. The molecule has 1 atom stereocenters. The zero-order chi connectivity index (χ0) is 17.4. The molecule has 128 valence electrons. The molecule has 0 saturated carbocycles. The number of hydrogen-bond donors (Lipinski definition) is 2. The number of hydrogen-bond acceptors (Lipinski definition) is 2. The molecule has 2 N–H and O–H groups in total. The fraction of sp³-hybridized carbons (Fsp3) is 0.316. The Labute approximate surface area is 142 Å². The van der Waals surface area contributed by atoms with Crippen molar-refractivity contribution in [1.82, 2.24) is 10.2 Å². The van der Waals surface area contributed by atoms with Gasteiger partial charge in [-0.15, -0.1) is 0 Å². The average molecular weight is 329 g/mol. The van der Waals surface area contributed by atoms with Crippen molar-refractivity contribution in [3.05, 3.63) is 66.0 Å². The Morgan fingerprint density at radius 1 is 1.08 bits per heavy atom. The van der Waals surface area contributed by atoms with Gasteiger partial charge in [-0.1, -0.05) is 50.2 Å². The van der Waals surface area contributed by atoms with Crippen LogP contribution in [0.15, 0.2) is 54.6 Å². The van der Waals surface area contributed by atoms with Gasteiger partial charge in [0.1, 0.15) is 5.82 Å². The molecule has 0 spiro atoms. The van der Waals surface area contributed by atoms with Crippen LogP contribution in [0.1, 0.15) is 25.5 Å². The fourth-order valence-corrected chi connectivity index (χ4v) is 2.73. The first-order valence-electron chi connectivity index (χ1n) is 8.23. The lowest BCUT2D eigenvalue weighted by atomic mass is 10.1. The fourth-order valence-electron chi connectivity index (χ4n) is 2.73. The van der Waals surface area contributed by atoms with Gasteiger partial charge in [0.15, 0.2) is 0 Å². The molecule has 0 bridgehead atoms. The zero-order valence-corrected chi connectivity index (χ0v) is 14.1. The Bertz CT molecular complexity index is 644. The number of anilines is 1. The van der Waals surface area contributed by atoms with E-state index < -0.39 is 0 Å². The molecule has 2 aromatic carbocycles. The van der Waals surface area contributed by atoms with Crippen LogP contribution in [0.4, 0.5) is 14.9 Å². The monoisotopic (exact) mass is 329 g/mol. The highest BCUT2D eigenvalue weighted by Gasteiger charge is 2.18. The second kappa shape index (κ2) is 9.03. The van der Waals surface area contributed by atoms with Crippen molar-refractivity contribution in [1.29, 1.82) is 0 Å². The molecule has 0 heterocycles. The van der Waals surface area contributed by atoms with Crippen LogP contribution in [0, 0.1) is 5.82 Å². The predicted molar refractivity (Wildman–Crippen MR) is 95.5 cm³/mol. The minimum Gasteiger partial charge on any atom is -0.336 e. The maximum Gasteiger partial charge on any atom is 0.319 e. The van der Waals surface area contributed by atoms with E-state index in [1.165, 1.54) is 12.1 Å². The van der Waals surface area contributed by atoms with Gasteiger partial charge in [0, 0.05) is 12.2 Å². The lowest BCUT2D eigenvalue weighted by molar-refractivity contribution is 0.210. The largest absolute Gasteiger partial charge is 0.336 e. The van der Waals surface area contributed by atoms with Gasteiger partial charge in [-0.3, -0.25) is 4.90 Å². The van der Waals surface area contributed by atoms with Gasteiger partial charge in [0.25, 0.3) is 0 Å². The van der Waals surface area contributed by atoms with E-state index in [1.54, 1.807) is 12.1 Å². The first-order chi connectivity index (χ1) is 11.6. The van der Waals surface area contributed by atoms with Crippen molar-refractivity contribution in [2.24, 2.45) is 0 Å². The Kier molecular flexibility index (Phi) is 6.75. The maximum atomic E-state index is 13.2. The molecule has 0 aliphatic heterocycles. The summed E-state index contributed by atoms with van der Waals surface area (Å²) in [5.41, 5.74) is 1.60. The van der Waals surface area contributed by atoms with Gasteiger partial charge in [-0.05, 0) is 36.9 Å². The second-order valence-corrected chi connectivity index (χ2v) is 5.49. The number of likely N-dealkylation sites (N-methyl/N-ethyl adjacent to an activating group) is 1. The molecule has 0 aliphatic carbocycles. The van der Waals surface area contributed by atoms with Gasteiger partial charge < -0.3 is 10.6 Å². The van der Waals surface area contributed by atoms with Gasteiger partial charge in [-0.2, -0.15) is 0 Å². The van der Waals surface area contributed by atoms with Crippen molar-refractivity contribution in [2.45, 2.75) is 19.9 Å². The van der Waals surface area contributed by atoms with Crippen LogP contribution in [0.5, 0.6) is 0 Å². The number of carbonyl (C=O) groups excluding carboxylic acids is 1. The zero-order valence-electron chi connectivity index (χ0n) is 14.1. The number of nitrogens with one attached hydrogen (secondary N) is 2. The molecule has 5 heteroatoms. The van der Waals surface area contributed by atoms with Crippen molar-refractivity contribution in [3.8, 4) is 0 Å². The van der Waals surface area contributed by atoms with Crippen LogP contribution in [0.2, 0.25) is 0 Å². The summed E-state index contributed by atoms with van der Waals surface area (Å²) in [4.78, 5) is 14.4. The van der Waals surface area contributed by atoms with Crippen LogP contribution >= 0.6 is 0 Å². The Morgan fingerprint density at radius 2 is 1.79 bits per heavy atom. The number of amides is 2. The Balaban J connectivity index is 2.00. The SMILES string of the molecule is CCN(CC)C(CNC(=O)Nc1cccc(F)c1)c1ccccc1. The van der Waals surface area contributed by atoms with E-state index in [-0.39, 0.29) is 17.9 Å². The van der Waals surface area contributed by atoms with Crippen LogP contribution in [0.3, 0.4) is 0 Å². The van der Waals surface area contributed by atoms with E-state index in [4.69, 9.17) is 0 Å². The van der Waals surface area contributed by atoms with E-state index in [0.29, 0.717) is 12.2 Å². The number of nitrogens with zero attached hydrogens (tertiary/aromatic N) is 1. The van der Waals surface area contributed by atoms with E-state index in [9.17, 15) is 9.18 Å². The summed E-state index contributed by atoms with van der Waals surface area (Å²) < 4.78 is 13.2. The first kappa shape index (κ1) is 17.9. The molecule has 0 radical (unpaired) electrons. The van der Waals surface area contributed by atoms with Gasteiger partial charge in [-0.25, -0.2) is 9.18 Å². The quantitative estimate of drug-likeness (QED) is 0.805. The topological polar surface area (TPSA) is 44.4 Å². The molecule has 0 aromatic heterocycles. The molecule has 2 rings (SSSR count). The van der Waals surface area contributed by atoms with Gasteiger partial charge in [0.05, 0.1) is 6.04 Å². The predicted octanol–water partition coefficient (Wildman–Crippen LogP) is 4.03. The third-order valence-electron chi connectivity index (χ3n) is 3.98. The number of urea groups is 1. The first-order valence-corrected chi connectivity index (χ1v) is 8.23. The van der Waals surface area contributed by atoms with Gasteiger partial charge in [0.2, 0.25) is 0 Å². The molecule has 24 heavy (non-hydrogen) atoms. The van der Waals surface area contributed by atoms with Crippen LogP contribution in [-0.2, 0) is 0 Å². The number of rotatable bonds is 7. The number of benzene rings is 2. The molecule has 0 saturated heterocycles. The standard InChI is InChI=1S/C19H24FN3O/c1-3-23(4-2)18(15-9-6-5-7-10-15)14-21-19(24)22-17-12-8-11-16(20)13-17/h5-13,18H,3-4,14H2,1-2H3,(H2,21,22,24). The van der Waals surface area contributed by atoms with Crippen molar-refractivity contribution in [3.63, 3.8) is 0 Å². The lowest BCUT2D eigenvalue weighted by Gasteiger charge is -2.30. The summed E-state index contributed by atoms with van der Waals surface area (Å²) in [6.45, 7) is 6.47. The third kappa shape index (κ3) is 5.06. The van der Waals surface area contributed by atoms with Crippen molar-refractivity contribution < 1.29 is 9.18 Å². The maximum absolute atomic E-state index is 13.2. The average Bonchev–Trinajstić information content (AvgIpc) is 2.59. The summed E-state index contributed by atoms with van der Waals surface area (Å²) in [5, 5.41) is 5.54. The van der Waals surface area contributed by atoms with Crippen molar-refractivity contribution >= 4 is 11.7 Å². The van der Waals surface area contributed by atoms with E-state index in [2.05, 4.69) is 41.5 Å². The van der Waals surface area contributed by atoms with Gasteiger partial charge >= 0.3 is 6.03 Å². The minimum absolute atomic E-state index is 0.0967. The molecule has 4 nitrogen and oxygen atoms in total. The van der Waals surface area contributed by atoms with E-state index in [1.807, 2.05) is 18.2 Å². The van der Waals surface area contributed by atoms with Crippen molar-refractivity contribution in [2.75, 3.05) is 25.0 Å². The molecule has 0 fully saturated rings. The Morgan fingerprint density at radius 3 is 2.42 bits per heavy atom. The molecule has 0 aliphatic rings. The highest BCUT2D eigenvalue weighted by atomic mass is 19.1. The van der Waals surface area contributed by atoms with E-state index >= 15 is 0 Å². The summed E-state index contributed by atoms with van der Waals surface area (Å²) in [6, 6.07) is 15.7. The van der Waals surface area contributed by atoms with E-state index in [0.717, 1.165) is 18.7 Å². The van der Waals surface area contributed by atoms with Crippen LogP contribution in [0.25, 0.3) is 0 Å². The molecule has 1 unspecified atom stereocenters. The molecule has 2 aromatic rings. The highest BCUT2D eigenvalue weighted by molar-refractivity contribution is 5.89. The van der Waals surface area contributed by atoms with Crippen LogP contribution in [-0.4, -0.2) is 30.6 Å². The summed E-state index contributed by atoms with van der Waals surface area (Å²) in [5.74, 6) is -0.377. The molecule has 2 amide bonds. The molecular formula is C19H24FN3O. The number of halogens is 1. The minimum atomic E-state index is -0.377. The number of carbonyl (C=O) groups is 1. The smallest absolute Gasteiger partial charge is 0.319 e. The Hall–Kier alpha value is -2.40. The van der Waals surface area contributed by atoms with Crippen LogP contribution < -0.4 is 10.6 Å². The summed E-state index contributed by atoms with van der Waals surface area (Å²) in [7, 11) is 0. The third-order valence-corrected chi connectivity index (χ3v) is 3.98. The lowest BCUT2D eigenvalue weighted by Crippen LogP contribution is -2.39.